The largest absolute Gasteiger partial charge is 0.466 e. The second-order valence-corrected chi connectivity index (χ2v) is 6.77. The molecule has 28 heavy (non-hydrogen) atoms. The van der Waals surface area contributed by atoms with E-state index in [4.69, 9.17) is 15.2 Å². The van der Waals surface area contributed by atoms with Gasteiger partial charge in [0.2, 0.25) is 0 Å². The molecule has 0 radical (unpaired) electrons. The Balaban J connectivity index is 1.54. The lowest BCUT2D eigenvalue weighted by Gasteiger charge is -2.30. The van der Waals surface area contributed by atoms with Crippen LogP contribution in [0.15, 0.2) is 36.4 Å². The van der Waals surface area contributed by atoms with E-state index in [1.807, 2.05) is 24.3 Å². The Labute approximate surface area is 163 Å². The minimum Gasteiger partial charge on any atom is -0.466 e. The highest BCUT2D eigenvalue weighted by Crippen LogP contribution is 2.23. The van der Waals surface area contributed by atoms with E-state index in [2.05, 4.69) is 0 Å². The normalized spacial score (nSPS) is 14.7. The maximum atomic E-state index is 12.4. The van der Waals surface area contributed by atoms with Gasteiger partial charge in [0.1, 0.15) is 0 Å². The van der Waals surface area contributed by atoms with Crippen molar-refractivity contribution in [3.63, 3.8) is 0 Å². The van der Waals surface area contributed by atoms with Gasteiger partial charge in [-0.1, -0.05) is 24.3 Å². The standard InChI is InChI=1S/C21H24N2O5/c1-2-27-20(25)14-7-9-23(10-8-14)19(24)13-28-21(26)17-11-15-5-3-4-6-16(15)12-18(17)22/h3-6,11-12,14H,2,7-10,13,22H2,1H3. The molecule has 0 unspecified atom stereocenters. The highest BCUT2D eigenvalue weighted by molar-refractivity contribution is 6.01. The quantitative estimate of drug-likeness (QED) is 0.628. The van der Waals surface area contributed by atoms with Crippen LogP contribution in [0.5, 0.6) is 0 Å². The van der Waals surface area contributed by atoms with Crippen molar-refractivity contribution in [3.05, 3.63) is 42.0 Å². The van der Waals surface area contributed by atoms with Gasteiger partial charge >= 0.3 is 11.9 Å². The molecule has 2 aromatic carbocycles. The van der Waals surface area contributed by atoms with Crippen molar-refractivity contribution in [2.24, 2.45) is 5.92 Å². The zero-order chi connectivity index (χ0) is 20.1. The van der Waals surface area contributed by atoms with Gasteiger partial charge in [-0.15, -0.1) is 0 Å². The molecule has 1 amide bonds. The number of hydrogen-bond acceptors (Lipinski definition) is 6. The topological polar surface area (TPSA) is 98.9 Å². The second-order valence-electron chi connectivity index (χ2n) is 6.77. The van der Waals surface area contributed by atoms with Crippen molar-refractivity contribution in [1.82, 2.24) is 4.90 Å². The Morgan fingerprint density at radius 1 is 1.07 bits per heavy atom. The first-order valence-electron chi connectivity index (χ1n) is 9.39. The Morgan fingerprint density at radius 2 is 1.71 bits per heavy atom. The van der Waals surface area contributed by atoms with Crippen LogP contribution in [-0.4, -0.2) is 49.0 Å². The summed E-state index contributed by atoms with van der Waals surface area (Å²) in [6.07, 6.45) is 1.10. The molecule has 1 saturated heterocycles. The minimum absolute atomic E-state index is 0.177. The minimum atomic E-state index is -0.627. The summed E-state index contributed by atoms with van der Waals surface area (Å²) in [6, 6.07) is 10.9. The monoisotopic (exact) mass is 384 g/mol. The number of likely N-dealkylation sites (tertiary alicyclic amines) is 1. The first-order valence-corrected chi connectivity index (χ1v) is 9.39. The highest BCUT2D eigenvalue weighted by Gasteiger charge is 2.28. The molecule has 0 aromatic heterocycles. The predicted octanol–water partition coefficient (Wildman–Crippen LogP) is 2.38. The van der Waals surface area contributed by atoms with E-state index in [1.54, 1.807) is 24.0 Å². The number of ether oxygens (including phenoxy) is 2. The van der Waals surface area contributed by atoms with Crippen molar-refractivity contribution in [3.8, 4) is 0 Å². The van der Waals surface area contributed by atoms with Crippen LogP contribution in [0.4, 0.5) is 5.69 Å². The summed E-state index contributed by atoms with van der Waals surface area (Å²) in [5.74, 6) is -1.30. The van der Waals surface area contributed by atoms with Gasteiger partial charge in [0.05, 0.1) is 18.1 Å². The van der Waals surface area contributed by atoms with Crippen LogP contribution in [-0.2, 0) is 19.1 Å². The summed E-state index contributed by atoms with van der Waals surface area (Å²) in [6.45, 7) is 2.66. The number of rotatable bonds is 5. The Bertz CT molecular complexity index is 887. The Kier molecular flexibility index (Phi) is 6.13. The fourth-order valence-electron chi connectivity index (χ4n) is 3.36. The molecule has 1 aliphatic rings. The first kappa shape index (κ1) is 19.7. The number of nitrogens with two attached hydrogens (primary N) is 1. The molecule has 0 saturated carbocycles. The van der Waals surface area contributed by atoms with Gasteiger partial charge in [0.25, 0.3) is 5.91 Å². The maximum Gasteiger partial charge on any atom is 0.340 e. The van der Waals surface area contributed by atoms with E-state index < -0.39 is 5.97 Å². The molecular weight excluding hydrogens is 360 g/mol. The van der Waals surface area contributed by atoms with Gasteiger partial charge in [-0.05, 0) is 42.7 Å². The smallest absolute Gasteiger partial charge is 0.340 e. The molecule has 0 bridgehead atoms. The van der Waals surface area contributed by atoms with Crippen LogP contribution < -0.4 is 5.73 Å². The second kappa shape index (κ2) is 8.73. The number of carbonyl (C=O) groups excluding carboxylic acids is 3. The van der Waals surface area contributed by atoms with Gasteiger partial charge < -0.3 is 20.1 Å². The van der Waals surface area contributed by atoms with Crippen LogP contribution in [0.3, 0.4) is 0 Å². The van der Waals surface area contributed by atoms with E-state index in [1.165, 1.54) is 0 Å². The molecular formula is C21H24N2O5. The lowest BCUT2D eigenvalue weighted by molar-refractivity contribution is -0.151. The zero-order valence-electron chi connectivity index (χ0n) is 15.8. The molecule has 0 spiro atoms. The van der Waals surface area contributed by atoms with Gasteiger partial charge in [-0.2, -0.15) is 0 Å². The van der Waals surface area contributed by atoms with Gasteiger partial charge in [-0.25, -0.2) is 4.79 Å². The third-order valence-electron chi connectivity index (χ3n) is 4.93. The van der Waals surface area contributed by atoms with Crippen molar-refractivity contribution in [2.45, 2.75) is 19.8 Å². The molecule has 7 heteroatoms. The van der Waals surface area contributed by atoms with Crippen LogP contribution in [0.25, 0.3) is 10.8 Å². The molecule has 3 rings (SSSR count). The average Bonchev–Trinajstić information content (AvgIpc) is 2.71. The molecule has 7 nitrogen and oxygen atoms in total. The van der Waals surface area contributed by atoms with E-state index in [0.717, 1.165) is 10.8 Å². The van der Waals surface area contributed by atoms with Crippen molar-refractivity contribution in [2.75, 3.05) is 32.0 Å². The Morgan fingerprint density at radius 3 is 2.36 bits per heavy atom. The third-order valence-corrected chi connectivity index (χ3v) is 4.93. The van der Waals surface area contributed by atoms with Crippen molar-refractivity contribution in [1.29, 1.82) is 0 Å². The molecule has 1 aliphatic heterocycles. The highest BCUT2D eigenvalue weighted by atomic mass is 16.5. The number of carbonyl (C=O) groups is 3. The molecule has 0 atom stereocenters. The lowest BCUT2D eigenvalue weighted by Crippen LogP contribution is -2.42. The third kappa shape index (κ3) is 4.42. The molecule has 1 fully saturated rings. The first-order chi connectivity index (χ1) is 13.5. The molecule has 2 N–H and O–H groups in total. The number of amides is 1. The fourth-order valence-corrected chi connectivity index (χ4v) is 3.36. The molecule has 2 aromatic rings. The van der Waals surface area contributed by atoms with E-state index >= 15 is 0 Å². The number of esters is 2. The summed E-state index contributed by atoms with van der Waals surface area (Å²) in [4.78, 5) is 38.1. The van der Waals surface area contributed by atoms with Crippen LogP contribution in [0.1, 0.15) is 30.1 Å². The predicted molar refractivity (Wildman–Crippen MR) is 105 cm³/mol. The van der Waals surface area contributed by atoms with Gasteiger partial charge in [0, 0.05) is 18.8 Å². The number of anilines is 1. The number of benzene rings is 2. The average molecular weight is 384 g/mol. The van der Waals surface area contributed by atoms with Crippen LogP contribution >= 0.6 is 0 Å². The van der Waals surface area contributed by atoms with Gasteiger partial charge in [0.15, 0.2) is 6.61 Å². The Hall–Kier alpha value is -3.09. The summed E-state index contributed by atoms with van der Waals surface area (Å²) < 4.78 is 10.2. The van der Waals surface area contributed by atoms with Crippen molar-refractivity contribution >= 4 is 34.3 Å². The number of nitrogens with zero attached hydrogens (tertiary/aromatic N) is 1. The number of hydrogen-bond donors (Lipinski definition) is 1. The summed E-state index contributed by atoms with van der Waals surface area (Å²) in [5, 5.41) is 1.80. The number of fused-ring (bicyclic) bond motifs is 1. The zero-order valence-corrected chi connectivity index (χ0v) is 15.8. The van der Waals surface area contributed by atoms with E-state index in [-0.39, 0.29) is 30.0 Å². The molecule has 0 aliphatic carbocycles. The van der Waals surface area contributed by atoms with E-state index in [9.17, 15) is 14.4 Å². The van der Waals surface area contributed by atoms with Gasteiger partial charge in [-0.3, -0.25) is 9.59 Å². The molecule has 1 heterocycles. The number of piperidine rings is 1. The SMILES string of the molecule is CCOC(=O)C1CCN(C(=O)COC(=O)c2cc3ccccc3cc2N)CC1. The van der Waals surface area contributed by atoms with E-state index in [0.29, 0.717) is 38.2 Å². The maximum absolute atomic E-state index is 12.4. The summed E-state index contributed by atoms with van der Waals surface area (Å²) >= 11 is 0. The summed E-state index contributed by atoms with van der Waals surface area (Å²) in [5.41, 5.74) is 6.52. The number of nitrogen functional groups attached to an aromatic ring is 1. The molecule has 148 valence electrons. The van der Waals surface area contributed by atoms with Crippen LogP contribution in [0, 0.1) is 5.92 Å². The summed E-state index contributed by atoms with van der Waals surface area (Å²) in [7, 11) is 0. The van der Waals surface area contributed by atoms with Crippen molar-refractivity contribution < 1.29 is 23.9 Å². The van der Waals surface area contributed by atoms with Crippen LogP contribution in [0.2, 0.25) is 0 Å². The lowest BCUT2D eigenvalue weighted by atomic mass is 9.97. The fraction of sp³-hybridized carbons (Fsp3) is 0.381.